The molecule has 4 nitrogen and oxygen atoms in total. The highest BCUT2D eigenvalue weighted by Gasteiger charge is 2.37. The Bertz CT molecular complexity index is 1080. The first kappa shape index (κ1) is 17.8. The average Bonchev–Trinajstić information content (AvgIpc) is 2.99. The average molecular weight is 382 g/mol. The molecule has 0 saturated carbocycles. The Morgan fingerprint density at radius 2 is 1.62 bits per heavy atom. The number of carbonyl (C=O) groups is 2. The molecule has 2 amide bonds. The van der Waals surface area contributed by atoms with E-state index in [0.717, 1.165) is 25.0 Å². The number of carbonyl (C=O) groups excluding carboxylic acids is 2. The molecule has 29 heavy (non-hydrogen) atoms. The number of rotatable bonds is 3. The van der Waals surface area contributed by atoms with Gasteiger partial charge in [0.15, 0.2) is 0 Å². The highest BCUT2D eigenvalue weighted by molar-refractivity contribution is 6.21. The third-order valence-corrected chi connectivity index (χ3v) is 6.10. The topological polar surface area (TPSA) is 50.3 Å². The van der Waals surface area contributed by atoms with Gasteiger partial charge in [0.2, 0.25) is 0 Å². The van der Waals surface area contributed by atoms with Gasteiger partial charge in [-0.15, -0.1) is 0 Å². The Morgan fingerprint density at radius 1 is 0.931 bits per heavy atom. The second-order valence-corrected chi connectivity index (χ2v) is 7.94. The molecule has 2 aromatic carbocycles. The molecule has 0 N–H and O–H groups in total. The Kier molecular flexibility index (Phi) is 4.27. The highest BCUT2D eigenvalue weighted by atomic mass is 16.2. The van der Waals surface area contributed by atoms with Crippen LogP contribution in [0.4, 0.5) is 0 Å². The number of imide groups is 1. The lowest BCUT2D eigenvalue weighted by molar-refractivity contribution is 0.0640. The van der Waals surface area contributed by atoms with E-state index in [4.69, 9.17) is 4.98 Å². The van der Waals surface area contributed by atoms with Crippen LogP contribution < -0.4 is 0 Å². The number of amides is 2. The van der Waals surface area contributed by atoms with Crippen LogP contribution in [0.25, 0.3) is 11.1 Å². The molecule has 0 bridgehead atoms. The summed E-state index contributed by atoms with van der Waals surface area (Å²) >= 11 is 0. The third-order valence-electron chi connectivity index (χ3n) is 6.10. The summed E-state index contributed by atoms with van der Waals surface area (Å²) in [6.07, 6.45) is 4.80. The van der Waals surface area contributed by atoms with Gasteiger partial charge in [0.05, 0.1) is 11.1 Å². The molecule has 1 unspecified atom stereocenters. The van der Waals surface area contributed by atoms with Crippen molar-refractivity contribution >= 4 is 11.8 Å². The molecule has 144 valence electrons. The van der Waals surface area contributed by atoms with Crippen molar-refractivity contribution in [2.75, 3.05) is 6.54 Å². The fraction of sp³-hybridized carbons (Fsp3) is 0.240. The lowest BCUT2D eigenvalue weighted by Crippen LogP contribution is -2.35. The summed E-state index contributed by atoms with van der Waals surface area (Å²) in [6, 6.07) is 17.7. The number of pyridine rings is 1. The van der Waals surface area contributed by atoms with Crippen LogP contribution in [-0.2, 0) is 6.42 Å². The van der Waals surface area contributed by atoms with E-state index in [2.05, 4.69) is 37.3 Å². The summed E-state index contributed by atoms with van der Waals surface area (Å²) < 4.78 is 0. The van der Waals surface area contributed by atoms with E-state index in [-0.39, 0.29) is 17.7 Å². The molecule has 2 aliphatic rings. The van der Waals surface area contributed by atoms with Gasteiger partial charge in [-0.3, -0.25) is 19.5 Å². The summed E-state index contributed by atoms with van der Waals surface area (Å²) in [6.45, 7) is 2.48. The molecule has 1 aromatic heterocycles. The smallest absolute Gasteiger partial charge is 0.261 e. The molecule has 2 heterocycles. The van der Waals surface area contributed by atoms with Crippen LogP contribution in [0.1, 0.15) is 56.3 Å². The number of hydrogen-bond donors (Lipinski definition) is 0. The molecule has 0 fully saturated rings. The standard InChI is InChI=1S/C25H22N2O2/c1-16-9-11-17(12-10-16)19-13-14-26-23-18(5-4-8-20(19)23)15-27-24(28)21-6-2-3-7-22(21)25(27)29/h2-3,6-7,9-14,18H,4-5,8,15H2,1H3. The van der Waals surface area contributed by atoms with E-state index < -0.39 is 0 Å². The van der Waals surface area contributed by atoms with Crippen LogP contribution in [-0.4, -0.2) is 28.2 Å². The van der Waals surface area contributed by atoms with Crippen molar-refractivity contribution < 1.29 is 9.59 Å². The number of aryl methyl sites for hydroxylation is 1. The lowest BCUT2D eigenvalue weighted by atomic mass is 9.82. The lowest BCUT2D eigenvalue weighted by Gasteiger charge is -2.29. The van der Waals surface area contributed by atoms with Gasteiger partial charge in [0.1, 0.15) is 0 Å². The largest absolute Gasteiger partial charge is 0.274 e. The minimum atomic E-state index is -0.188. The van der Waals surface area contributed by atoms with E-state index >= 15 is 0 Å². The maximum Gasteiger partial charge on any atom is 0.261 e. The first-order chi connectivity index (χ1) is 14.1. The van der Waals surface area contributed by atoms with Crippen molar-refractivity contribution in [1.82, 2.24) is 9.88 Å². The molecular formula is C25H22N2O2. The van der Waals surface area contributed by atoms with Crippen molar-refractivity contribution in [1.29, 1.82) is 0 Å². The summed E-state index contributed by atoms with van der Waals surface area (Å²) in [5.41, 5.74) is 6.94. The molecule has 1 aliphatic heterocycles. The molecule has 5 rings (SSSR count). The van der Waals surface area contributed by atoms with Gasteiger partial charge in [0.25, 0.3) is 11.8 Å². The first-order valence-electron chi connectivity index (χ1n) is 10.1. The predicted octanol–water partition coefficient (Wildman–Crippen LogP) is 4.77. The molecule has 1 atom stereocenters. The summed E-state index contributed by atoms with van der Waals surface area (Å²) in [5.74, 6) is -0.300. The Balaban J connectivity index is 1.48. The summed E-state index contributed by atoms with van der Waals surface area (Å²) in [5, 5.41) is 0. The monoisotopic (exact) mass is 382 g/mol. The highest BCUT2D eigenvalue weighted by Crippen LogP contribution is 2.37. The Labute approximate surface area is 170 Å². The van der Waals surface area contributed by atoms with Crippen molar-refractivity contribution in [3.05, 3.63) is 88.7 Å². The predicted molar refractivity (Wildman–Crippen MR) is 112 cm³/mol. The third kappa shape index (κ3) is 2.96. The second kappa shape index (κ2) is 6.96. The van der Waals surface area contributed by atoms with Gasteiger partial charge in [0, 0.05) is 24.4 Å². The number of hydrogen-bond acceptors (Lipinski definition) is 3. The number of aromatic nitrogens is 1. The second-order valence-electron chi connectivity index (χ2n) is 7.94. The zero-order chi connectivity index (χ0) is 20.0. The molecular weight excluding hydrogens is 360 g/mol. The van der Waals surface area contributed by atoms with E-state index in [1.54, 1.807) is 24.3 Å². The van der Waals surface area contributed by atoms with E-state index in [0.29, 0.717) is 17.7 Å². The van der Waals surface area contributed by atoms with E-state index in [1.807, 2.05) is 6.20 Å². The minimum absolute atomic E-state index is 0.0753. The van der Waals surface area contributed by atoms with Crippen LogP contribution in [0.5, 0.6) is 0 Å². The molecule has 0 saturated heterocycles. The van der Waals surface area contributed by atoms with Gasteiger partial charge in [-0.1, -0.05) is 42.0 Å². The molecule has 3 aromatic rings. The normalized spacial score (nSPS) is 18.0. The van der Waals surface area contributed by atoms with Crippen LogP contribution >= 0.6 is 0 Å². The van der Waals surface area contributed by atoms with Crippen molar-refractivity contribution in [3.63, 3.8) is 0 Å². The maximum atomic E-state index is 12.8. The maximum absolute atomic E-state index is 12.8. The van der Waals surface area contributed by atoms with Crippen molar-refractivity contribution in [2.45, 2.75) is 32.1 Å². The van der Waals surface area contributed by atoms with Crippen LogP contribution in [0, 0.1) is 6.92 Å². The molecule has 0 radical (unpaired) electrons. The first-order valence-corrected chi connectivity index (χ1v) is 10.1. The van der Waals surface area contributed by atoms with Crippen LogP contribution in [0.3, 0.4) is 0 Å². The number of nitrogens with zero attached hydrogens (tertiary/aromatic N) is 2. The van der Waals surface area contributed by atoms with Crippen LogP contribution in [0.2, 0.25) is 0 Å². The molecule has 0 spiro atoms. The van der Waals surface area contributed by atoms with Gasteiger partial charge in [-0.2, -0.15) is 0 Å². The van der Waals surface area contributed by atoms with Gasteiger partial charge < -0.3 is 0 Å². The van der Waals surface area contributed by atoms with Gasteiger partial charge in [-0.25, -0.2) is 0 Å². The van der Waals surface area contributed by atoms with Crippen molar-refractivity contribution in [2.24, 2.45) is 0 Å². The van der Waals surface area contributed by atoms with Crippen molar-refractivity contribution in [3.8, 4) is 11.1 Å². The summed E-state index contributed by atoms with van der Waals surface area (Å²) in [7, 11) is 0. The number of fused-ring (bicyclic) bond motifs is 2. The quantitative estimate of drug-likeness (QED) is 0.613. The Hall–Kier alpha value is -3.27. The molecule has 1 aliphatic carbocycles. The summed E-state index contributed by atoms with van der Waals surface area (Å²) in [4.78, 5) is 31.7. The fourth-order valence-electron chi connectivity index (χ4n) is 4.59. The van der Waals surface area contributed by atoms with Gasteiger partial charge >= 0.3 is 0 Å². The minimum Gasteiger partial charge on any atom is -0.274 e. The zero-order valence-corrected chi connectivity index (χ0v) is 16.4. The molecule has 4 heteroatoms. The Morgan fingerprint density at radius 3 is 2.31 bits per heavy atom. The van der Waals surface area contributed by atoms with E-state index in [9.17, 15) is 9.59 Å². The van der Waals surface area contributed by atoms with Crippen LogP contribution in [0.15, 0.2) is 60.8 Å². The van der Waals surface area contributed by atoms with Gasteiger partial charge in [-0.05, 0) is 61.1 Å². The zero-order valence-electron chi connectivity index (χ0n) is 16.4. The number of benzene rings is 2. The van der Waals surface area contributed by atoms with E-state index in [1.165, 1.54) is 27.2 Å². The fourth-order valence-corrected chi connectivity index (χ4v) is 4.59. The SMILES string of the molecule is Cc1ccc(-c2ccnc3c2CCCC3CN2C(=O)c3ccccc3C2=O)cc1.